The van der Waals surface area contributed by atoms with Gasteiger partial charge < -0.3 is 68.3 Å². The molecular weight excluding hydrogens is 810 g/mol. The number of hydrogen-bond acceptors (Lipinski definition) is 13. The number of aromatic hydroxyl groups is 2. The maximum atomic E-state index is 13.8. The zero-order valence-corrected chi connectivity index (χ0v) is 33.0. The molecule has 0 aliphatic heterocycles. The van der Waals surface area contributed by atoms with Gasteiger partial charge in [0.25, 0.3) is 0 Å². The monoisotopic (exact) mass is 859 g/mol. The zero-order chi connectivity index (χ0) is 46.0. The molecular formula is C38H49N7O16. The minimum Gasteiger partial charge on any atom is -0.508 e. The van der Waals surface area contributed by atoms with Gasteiger partial charge in [0.05, 0.1) is 25.4 Å². The van der Waals surface area contributed by atoms with Crippen LogP contribution >= 0.6 is 0 Å². The molecule has 0 spiro atoms. The van der Waals surface area contributed by atoms with Crippen LogP contribution in [0.1, 0.15) is 50.7 Å². The third-order valence-electron chi connectivity index (χ3n) is 8.72. The van der Waals surface area contributed by atoms with Gasteiger partial charge in [0, 0.05) is 19.3 Å². The number of carbonyl (C=O) groups is 10. The molecule has 6 amide bonds. The normalized spacial score (nSPS) is 13.8. The predicted octanol–water partition coefficient (Wildman–Crippen LogP) is -2.69. The van der Waals surface area contributed by atoms with Crippen molar-refractivity contribution in [2.75, 3.05) is 6.54 Å². The lowest BCUT2D eigenvalue weighted by molar-refractivity contribution is -0.144. The van der Waals surface area contributed by atoms with Gasteiger partial charge in [0.1, 0.15) is 41.7 Å². The molecule has 23 heteroatoms. The van der Waals surface area contributed by atoms with E-state index in [1.165, 1.54) is 62.4 Å². The third-order valence-corrected chi connectivity index (χ3v) is 8.72. The van der Waals surface area contributed by atoms with Crippen molar-refractivity contribution >= 4 is 59.3 Å². The minimum atomic E-state index is -1.97. The van der Waals surface area contributed by atoms with E-state index < -0.39 is 134 Å². The van der Waals surface area contributed by atoms with Crippen molar-refractivity contribution in [1.82, 2.24) is 31.9 Å². The van der Waals surface area contributed by atoms with Crippen LogP contribution in [0.25, 0.3) is 0 Å². The lowest BCUT2D eigenvalue weighted by Gasteiger charge is -2.27. The van der Waals surface area contributed by atoms with E-state index in [1.807, 2.05) is 0 Å². The Morgan fingerprint density at radius 1 is 0.541 bits per heavy atom. The average molecular weight is 860 g/mol. The maximum Gasteiger partial charge on any atom is 0.326 e. The van der Waals surface area contributed by atoms with Crippen molar-refractivity contribution in [2.24, 2.45) is 11.7 Å². The number of aliphatic carboxylic acids is 4. The van der Waals surface area contributed by atoms with Crippen LogP contribution in [-0.4, -0.2) is 133 Å². The van der Waals surface area contributed by atoms with Gasteiger partial charge in [-0.2, -0.15) is 0 Å². The zero-order valence-electron chi connectivity index (χ0n) is 33.0. The van der Waals surface area contributed by atoms with Crippen LogP contribution in [0, 0.1) is 5.92 Å². The molecule has 0 saturated carbocycles. The first-order valence-corrected chi connectivity index (χ1v) is 18.5. The van der Waals surface area contributed by atoms with E-state index in [1.54, 1.807) is 0 Å². The third kappa shape index (κ3) is 18.0. The van der Waals surface area contributed by atoms with Crippen molar-refractivity contribution in [1.29, 1.82) is 0 Å². The molecule has 14 N–H and O–H groups in total. The molecule has 332 valence electrons. The smallest absolute Gasteiger partial charge is 0.326 e. The van der Waals surface area contributed by atoms with E-state index in [2.05, 4.69) is 31.9 Å². The molecule has 0 aliphatic rings. The fraction of sp³-hybridized carbons (Fsp3) is 0.421. The van der Waals surface area contributed by atoms with E-state index >= 15 is 0 Å². The highest BCUT2D eigenvalue weighted by molar-refractivity contribution is 5.98. The van der Waals surface area contributed by atoms with Gasteiger partial charge in [0.2, 0.25) is 35.4 Å². The molecule has 2 aromatic rings. The summed E-state index contributed by atoms with van der Waals surface area (Å²) in [5, 5.41) is 70.4. The molecule has 0 heterocycles. The Balaban J connectivity index is 2.41. The van der Waals surface area contributed by atoms with Crippen LogP contribution < -0.4 is 37.6 Å². The van der Waals surface area contributed by atoms with E-state index in [9.17, 15) is 73.5 Å². The first-order valence-electron chi connectivity index (χ1n) is 18.5. The summed E-state index contributed by atoms with van der Waals surface area (Å²) in [4.78, 5) is 126. The van der Waals surface area contributed by atoms with Crippen molar-refractivity contribution in [3.63, 3.8) is 0 Å². The van der Waals surface area contributed by atoms with Crippen molar-refractivity contribution in [3.05, 3.63) is 59.7 Å². The minimum absolute atomic E-state index is 0.144. The number of nitrogens with two attached hydrogens (primary N) is 1. The summed E-state index contributed by atoms with van der Waals surface area (Å²) in [6.07, 6.45) is -3.53. The van der Waals surface area contributed by atoms with Gasteiger partial charge in [-0.1, -0.05) is 38.1 Å². The van der Waals surface area contributed by atoms with Crippen LogP contribution in [0.4, 0.5) is 0 Å². The SMILES string of the molecule is CC(C)[C@H](NC(=O)[C@H](CC(=O)O)NC(=O)[C@H](Cc1ccc(O)cc1)NC(=O)[C@H](CC(=O)O)NC(=O)[C@H](Cc1ccc(O)cc1)NC(=O)CNC(=O)[C@@H](N)CCC(=O)O)C(=O)O. The first kappa shape index (κ1) is 49.8. The van der Waals surface area contributed by atoms with Crippen molar-refractivity contribution in [3.8, 4) is 11.5 Å². The molecule has 0 fully saturated rings. The van der Waals surface area contributed by atoms with Gasteiger partial charge in [0.15, 0.2) is 0 Å². The highest BCUT2D eigenvalue weighted by Gasteiger charge is 2.35. The second-order valence-electron chi connectivity index (χ2n) is 14.1. The summed E-state index contributed by atoms with van der Waals surface area (Å²) in [6, 6.07) is 0.565. The molecule has 2 aromatic carbocycles. The molecule has 23 nitrogen and oxygen atoms in total. The van der Waals surface area contributed by atoms with Gasteiger partial charge in [-0.15, -0.1) is 0 Å². The van der Waals surface area contributed by atoms with E-state index in [0.717, 1.165) is 0 Å². The number of nitrogens with one attached hydrogen (secondary N) is 6. The van der Waals surface area contributed by atoms with Gasteiger partial charge in [-0.05, 0) is 47.7 Å². The van der Waals surface area contributed by atoms with E-state index in [-0.39, 0.29) is 29.9 Å². The maximum absolute atomic E-state index is 13.8. The largest absolute Gasteiger partial charge is 0.508 e. The Morgan fingerprint density at radius 2 is 0.934 bits per heavy atom. The van der Waals surface area contributed by atoms with E-state index in [0.29, 0.717) is 5.56 Å². The van der Waals surface area contributed by atoms with Crippen molar-refractivity contribution < 1.29 is 78.6 Å². The highest BCUT2D eigenvalue weighted by Crippen LogP contribution is 2.14. The average Bonchev–Trinajstić information content (AvgIpc) is 3.17. The molecule has 0 unspecified atom stereocenters. The standard InChI is InChI=1S/C38H49N7O16/c1-18(2)32(38(60)61)45-37(59)27(16-31(53)54)44-35(57)25(14-20-5-9-22(47)10-6-20)42-36(58)26(15-30(51)52)43-34(56)24(13-19-3-7-21(46)8-4-19)41-28(48)17-40-33(55)23(39)11-12-29(49)50/h3-10,18,23-27,32,46-47H,11-17,39H2,1-2H3,(H,40,55)(H,41,48)(H,42,58)(H,43,56)(H,44,57)(H,45,59)(H,49,50)(H,51,52)(H,53,54)(H,60,61)/t23-,24-,25-,26-,27-,32-/m0/s1. The number of hydrogen-bond donors (Lipinski definition) is 13. The number of benzene rings is 2. The quantitative estimate of drug-likeness (QED) is 0.0483. The van der Waals surface area contributed by atoms with Crippen LogP contribution in [0.2, 0.25) is 0 Å². The number of rotatable bonds is 25. The Bertz CT molecular complexity index is 1920. The number of phenols is 2. The van der Waals surface area contributed by atoms with Crippen LogP contribution in [0.15, 0.2) is 48.5 Å². The predicted molar refractivity (Wildman–Crippen MR) is 208 cm³/mol. The topological polar surface area (TPSA) is 390 Å². The lowest BCUT2D eigenvalue weighted by atomic mass is 10.0. The Morgan fingerprint density at radius 3 is 1.33 bits per heavy atom. The lowest BCUT2D eigenvalue weighted by Crippen LogP contribution is -2.60. The number of carbonyl (C=O) groups excluding carboxylic acids is 6. The Hall–Kier alpha value is -7.30. The van der Waals surface area contributed by atoms with Gasteiger partial charge >= 0.3 is 23.9 Å². The number of carboxylic acid groups (broad SMARTS) is 4. The van der Waals surface area contributed by atoms with Crippen LogP contribution in [0.3, 0.4) is 0 Å². The molecule has 0 saturated heterocycles. The number of carboxylic acids is 4. The Kier molecular flexibility index (Phi) is 19.6. The van der Waals surface area contributed by atoms with E-state index in [4.69, 9.17) is 10.8 Å². The van der Waals surface area contributed by atoms with Gasteiger partial charge in [-0.3, -0.25) is 43.2 Å². The summed E-state index contributed by atoms with van der Waals surface area (Å²) in [6.45, 7) is 2.18. The fourth-order valence-electron chi connectivity index (χ4n) is 5.46. The fourth-order valence-corrected chi connectivity index (χ4v) is 5.46. The molecule has 0 radical (unpaired) electrons. The molecule has 61 heavy (non-hydrogen) atoms. The molecule has 0 aliphatic carbocycles. The summed E-state index contributed by atoms with van der Waals surface area (Å²) in [5.41, 5.74) is 6.30. The molecule has 6 atom stereocenters. The van der Waals surface area contributed by atoms with Gasteiger partial charge in [-0.25, -0.2) is 4.79 Å². The summed E-state index contributed by atoms with van der Waals surface area (Å²) in [5.74, 6) is -13.5. The van der Waals surface area contributed by atoms with Crippen molar-refractivity contribution in [2.45, 2.75) is 88.6 Å². The second kappa shape index (κ2) is 23.9. The summed E-state index contributed by atoms with van der Waals surface area (Å²) >= 11 is 0. The summed E-state index contributed by atoms with van der Waals surface area (Å²) in [7, 11) is 0. The Labute approximate surface area is 347 Å². The van der Waals surface area contributed by atoms with Crippen LogP contribution in [0.5, 0.6) is 11.5 Å². The summed E-state index contributed by atoms with van der Waals surface area (Å²) < 4.78 is 0. The molecule has 0 bridgehead atoms. The first-order chi connectivity index (χ1) is 28.6. The van der Waals surface area contributed by atoms with Crippen LogP contribution in [-0.2, 0) is 60.8 Å². The highest BCUT2D eigenvalue weighted by atomic mass is 16.4. The molecule has 0 aromatic heterocycles. The number of phenolic OH excluding ortho intramolecular Hbond substituents is 2. The second-order valence-corrected chi connectivity index (χ2v) is 14.1. The number of amides is 6. The molecule has 2 rings (SSSR count).